The van der Waals surface area contributed by atoms with Gasteiger partial charge in [0.25, 0.3) is 0 Å². The van der Waals surface area contributed by atoms with Gasteiger partial charge in [-0.05, 0) is 37.3 Å². The van der Waals surface area contributed by atoms with Gasteiger partial charge in [0.05, 0.1) is 31.4 Å². The Hall–Kier alpha value is -2.89. The molecule has 2 aliphatic heterocycles. The highest BCUT2D eigenvalue weighted by molar-refractivity contribution is 6.20. The summed E-state index contributed by atoms with van der Waals surface area (Å²) in [6.07, 6.45) is 4.47. The molecular formula is C19H19NO5. The van der Waals surface area contributed by atoms with E-state index in [0.29, 0.717) is 41.6 Å². The van der Waals surface area contributed by atoms with Gasteiger partial charge in [0.2, 0.25) is 0 Å². The molecule has 1 fully saturated rings. The molecule has 0 radical (unpaired) electrons. The molecule has 1 atom stereocenters. The molecule has 0 aromatic heterocycles. The second-order valence-corrected chi connectivity index (χ2v) is 6.40. The van der Waals surface area contributed by atoms with Crippen molar-refractivity contribution in [3.8, 4) is 5.75 Å². The summed E-state index contributed by atoms with van der Waals surface area (Å²) in [5.41, 5.74) is 1.54. The van der Waals surface area contributed by atoms with E-state index in [1.165, 1.54) is 0 Å². The molecule has 6 nitrogen and oxygen atoms in total. The van der Waals surface area contributed by atoms with Crippen LogP contribution in [0.5, 0.6) is 5.75 Å². The highest BCUT2D eigenvalue weighted by Gasteiger charge is 2.41. The zero-order valence-corrected chi connectivity index (χ0v) is 14.1. The highest BCUT2D eigenvalue weighted by atomic mass is 16.5. The Morgan fingerprint density at radius 3 is 2.76 bits per heavy atom. The molecule has 6 heteroatoms. The van der Waals surface area contributed by atoms with E-state index in [0.717, 1.165) is 12.1 Å². The summed E-state index contributed by atoms with van der Waals surface area (Å²) in [6.45, 7) is 3.07. The Kier molecular flexibility index (Phi) is 3.49. The predicted molar refractivity (Wildman–Crippen MR) is 92.3 cm³/mol. The predicted octanol–water partition coefficient (Wildman–Crippen LogP) is 2.94. The third kappa shape index (κ3) is 2.45. The number of ether oxygens (including phenoxy) is 3. The number of rotatable bonds is 2. The third-order valence-electron chi connectivity index (χ3n) is 4.67. The number of carboxylic acids is 1. The first-order valence-electron chi connectivity index (χ1n) is 8.17. The normalized spacial score (nSPS) is 24.1. The van der Waals surface area contributed by atoms with E-state index in [9.17, 15) is 9.90 Å². The topological polar surface area (TPSA) is 77.0 Å². The molecule has 25 heavy (non-hydrogen) atoms. The van der Waals surface area contributed by atoms with Gasteiger partial charge in [0, 0.05) is 23.2 Å². The molecule has 0 bridgehead atoms. The first-order valence-corrected chi connectivity index (χ1v) is 8.17. The molecule has 1 unspecified atom stereocenters. The molecule has 0 amide bonds. The van der Waals surface area contributed by atoms with Crippen LogP contribution in [0.3, 0.4) is 0 Å². The fraction of sp³-hybridized carbons (Fsp3) is 0.316. The minimum atomic E-state index is -0.986. The lowest BCUT2D eigenvalue weighted by atomic mass is 9.78. The van der Waals surface area contributed by atoms with Crippen LogP contribution in [0.4, 0.5) is 5.69 Å². The van der Waals surface area contributed by atoms with Crippen molar-refractivity contribution < 1.29 is 24.1 Å². The van der Waals surface area contributed by atoms with Gasteiger partial charge in [0.15, 0.2) is 11.5 Å². The quantitative estimate of drug-likeness (QED) is 0.861. The first-order chi connectivity index (χ1) is 12.0. The van der Waals surface area contributed by atoms with Gasteiger partial charge in [-0.2, -0.15) is 0 Å². The molecule has 1 saturated heterocycles. The van der Waals surface area contributed by atoms with Crippen molar-refractivity contribution in [1.29, 1.82) is 0 Å². The van der Waals surface area contributed by atoms with Crippen LogP contribution in [0.25, 0.3) is 5.57 Å². The van der Waals surface area contributed by atoms with Crippen molar-refractivity contribution in [3.05, 3.63) is 53.0 Å². The first kappa shape index (κ1) is 15.6. The fourth-order valence-electron chi connectivity index (χ4n) is 3.47. The summed E-state index contributed by atoms with van der Waals surface area (Å²) < 4.78 is 16.8. The second kappa shape index (κ2) is 5.58. The van der Waals surface area contributed by atoms with Gasteiger partial charge in [0.1, 0.15) is 5.75 Å². The lowest BCUT2D eigenvalue weighted by Gasteiger charge is -2.39. The summed E-state index contributed by atoms with van der Waals surface area (Å²) in [5.74, 6) is 0.854. The number of hydrogen-bond donors (Lipinski definition) is 2. The van der Waals surface area contributed by atoms with Crippen LogP contribution in [-0.2, 0) is 14.3 Å². The maximum Gasteiger partial charge on any atom is 0.336 e. The summed E-state index contributed by atoms with van der Waals surface area (Å²) in [5, 5.41) is 13.3. The number of carboxylic acid groups (broad SMARTS) is 1. The largest absolute Gasteiger partial charge is 0.497 e. The monoisotopic (exact) mass is 341 g/mol. The summed E-state index contributed by atoms with van der Waals surface area (Å²) in [6, 6.07) is 5.38. The Morgan fingerprint density at radius 2 is 2.04 bits per heavy atom. The Morgan fingerprint density at radius 1 is 1.28 bits per heavy atom. The Bertz CT molecular complexity index is 851. The maximum atomic E-state index is 12.1. The van der Waals surface area contributed by atoms with Crippen LogP contribution in [0.2, 0.25) is 0 Å². The molecule has 1 aromatic carbocycles. The Labute approximate surface area is 145 Å². The highest BCUT2D eigenvalue weighted by Crippen LogP contribution is 2.45. The number of benzene rings is 1. The van der Waals surface area contributed by atoms with Gasteiger partial charge < -0.3 is 24.6 Å². The molecule has 0 saturated carbocycles. The SMILES string of the molecule is COc1ccc2c(c1)C(C(=O)O)=C1C=C3OCCCOC3=CC1(C)N2. The number of carbonyl (C=O) groups is 1. The van der Waals surface area contributed by atoms with Gasteiger partial charge in [-0.3, -0.25) is 0 Å². The third-order valence-corrected chi connectivity index (χ3v) is 4.67. The number of hydrogen-bond acceptors (Lipinski definition) is 5. The number of fused-ring (bicyclic) bond motifs is 3. The van der Waals surface area contributed by atoms with Crippen LogP contribution in [0, 0.1) is 0 Å². The number of anilines is 1. The minimum absolute atomic E-state index is 0.241. The molecule has 1 aromatic rings. The van der Waals surface area contributed by atoms with Crippen LogP contribution < -0.4 is 10.1 Å². The van der Waals surface area contributed by atoms with E-state index in [-0.39, 0.29) is 5.57 Å². The molecule has 4 rings (SSSR count). The summed E-state index contributed by atoms with van der Waals surface area (Å²) in [7, 11) is 1.56. The number of aliphatic carboxylic acids is 1. The van der Waals surface area contributed by atoms with E-state index in [2.05, 4.69) is 5.32 Å². The minimum Gasteiger partial charge on any atom is -0.497 e. The van der Waals surface area contributed by atoms with Crippen LogP contribution in [0.1, 0.15) is 18.9 Å². The van der Waals surface area contributed by atoms with Crippen LogP contribution >= 0.6 is 0 Å². The number of methoxy groups -OCH3 is 1. The van der Waals surface area contributed by atoms with Crippen LogP contribution in [0.15, 0.2) is 47.4 Å². The average molecular weight is 341 g/mol. The van der Waals surface area contributed by atoms with Crippen molar-refractivity contribution in [3.63, 3.8) is 0 Å². The van der Waals surface area contributed by atoms with E-state index in [1.807, 2.05) is 25.1 Å². The maximum absolute atomic E-state index is 12.1. The van der Waals surface area contributed by atoms with Gasteiger partial charge in [-0.15, -0.1) is 0 Å². The van der Waals surface area contributed by atoms with Crippen molar-refractivity contribution in [2.75, 3.05) is 25.6 Å². The van der Waals surface area contributed by atoms with E-state index in [1.54, 1.807) is 19.3 Å². The molecule has 130 valence electrons. The summed E-state index contributed by atoms with van der Waals surface area (Å²) >= 11 is 0. The van der Waals surface area contributed by atoms with E-state index < -0.39 is 11.5 Å². The van der Waals surface area contributed by atoms with Crippen LogP contribution in [-0.4, -0.2) is 36.9 Å². The van der Waals surface area contributed by atoms with Gasteiger partial charge in [-0.1, -0.05) is 0 Å². The molecule has 2 N–H and O–H groups in total. The molecule has 2 heterocycles. The molecular weight excluding hydrogens is 322 g/mol. The molecule has 0 spiro atoms. The molecule has 3 aliphatic rings. The lowest BCUT2D eigenvalue weighted by Crippen LogP contribution is -2.41. The fourth-order valence-corrected chi connectivity index (χ4v) is 3.47. The van der Waals surface area contributed by atoms with Gasteiger partial charge >= 0.3 is 5.97 Å². The average Bonchev–Trinajstić information content (AvgIpc) is 2.81. The van der Waals surface area contributed by atoms with E-state index >= 15 is 0 Å². The lowest BCUT2D eigenvalue weighted by molar-refractivity contribution is -0.130. The number of nitrogens with one attached hydrogen (secondary N) is 1. The van der Waals surface area contributed by atoms with Crippen molar-refractivity contribution in [1.82, 2.24) is 0 Å². The Balaban J connectivity index is 1.95. The van der Waals surface area contributed by atoms with Gasteiger partial charge in [-0.25, -0.2) is 4.79 Å². The smallest absolute Gasteiger partial charge is 0.336 e. The molecule has 1 aliphatic carbocycles. The second-order valence-electron chi connectivity index (χ2n) is 6.40. The van der Waals surface area contributed by atoms with Crippen molar-refractivity contribution in [2.45, 2.75) is 18.9 Å². The standard InChI is InChI=1S/C19H19NO5/c1-19-10-16-15(24-6-3-7-25-16)9-13(19)17(18(21)22)12-8-11(23-2)4-5-14(12)20-19/h4-5,8-10,20H,3,6-7H2,1-2H3,(H,21,22). The zero-order valence-electron chi connectivity index (χ0n) is 14.1. The van der Waals surface area contributed by atoms with E-state index in [4.69, 9.17) is 14.2 Å². The zero-order chi connectivity index (χ0) is 17.6. The van der Waals surface area contributed by atoms with Crippen molar-refractivity contribution >= 4 is 17.2 Å². The van der Waals surface area contributed by atoms with Crippen molar-refractivity contribution in [2.24, 2.45) is 0 Å². The summed E-state index contributed by atoms with van der Waals surface area (Å²) in [4.78, 5) is 12.1.